The van der Waals surface area contributed by atoms with Crippen LogP contribution >= 0.6 is 0 Å². The Labute approximate surface area is 152 Å². The fourth-order valence-electron chi connectivity index (χ4n) is 3.03. The molecule has 5 nitrogen and oxygen atoms in total. The molecular weight excluding hydrogens is 320 g/mol. The van der Waals surface area contributed by atoms with Crippen LogP contribution in [0.2, 0.25) is 0 Å². The minimum Gasteiger partial charge on any atom is -0.479 e. The lowest BCUT2D eigenvalue weighted by Crippen LogP contribution is -2.55. The number of unbranched alkanes of at least 4 members (excludes halogenated alkanes) is 10. The van der Waals surface area contributed by atoms with Crippen molar-refractivity contribution in [3.05, 3.63) is 0 Å². The van der Waals surface area contributed by atoms with E-state index in [1.54, 1.807) is 0 Å². The van der Waals surface area contributed by atoms with E-state index >= 15 is 0 Å². The summed E-state index contributed by atoms with van der Waals surface area (Å²) < 4.78 is 0. The van der Waals surface area contributed by atoms with Gasteiger partial charge in [-0.15, -0.1) is 0 Å². The molecule has 0 aliphatic rings. The molecule has 0 heterocycles. The summed E-state index contributed by atoms with van der Waals surface area (Å²) in [5, 5.41) is 29.7. The van der Waals surface area contributed by atoms with Crippen molar-refractivity contribution in [2.75, 3.05) is 0 Å². The van der Waals surface area contributed by atoms with Crippen molar-refractivity contribution >= 4 is 11.8 Å². The number of aliphatic hydroxyl groups excluding tert-OH is 1. The van der Waals surface area contributed by atoms with E-state index in [1.807, 2.05) is 0 Å². The molecule has 0 spiro atoms. The molecule has 0 saturated heterocycles. The number of carboxylic acid groups (broad SMARTS) is 1. The molecule has 2 unspecified atom stereocenters. The van der Waals surface area contributed by atoms with Gasteiger partial charge >= 0.3 is 5.97 Å². The first-order valence-electron chi connectivity index (χ1n) is 10.1. The highest BCUT2D eigenvalue weighted by molar-refractivity contribution is 6.06. The fraction of sp³-hybridized carbons (Fsp3) is 0.900. The van der Waals surface area contributed by atoms with Gasteiger partial charge in [0.1, 0.15) is 6.10 Å². The predicted molar refractivity (Wildman–Crippen MR) is 99.6 cm³/mol. The Bertz CT molecular complexity index is 369. The Morgan fingerprint density at radius 3 is 1.72 bits per heavy atom. The molecule has 0 aromatic heterocycles. The Hall–Kier alpha value is -0.940. The number of aliphatic hydroxyl groups is 2. The lowest BCUT2D eigenvalue weighted by Gasteiger charge is -2.27. The Morgan fingerprint density at radius 2 is 1.24 bits per heavy atom. The quantitative estimate of drug-likeness (QED) is 0.267. The zero-order valence-corrected chi connectivity index (χ0v) is 16.1. The molecule has 0 aliphatic carbocycles. The van der Waals surface area contributed by atoms with Crippen LogP contribution in [-0.4, -0.2) is 38.8 Å². The number of ketones is 1. The van der Waals surface area contributed by atoms with Gasteiger partial charge in [-0.05, 0) is 12.8 Å². The highest BCUT2D eigenvalue weighted by Gasteiger charge is 2.49. The van der Waals surface area contributed by atoms with Gasteiger partial charge in [-0.1, -0.05) is 84.5 Å². The van der Waals surface area contributed by atoms with E-state index in [1.165, 1.54) is 19.3 Å². The zero-order chi connectivity index (χ0) is 19.1. The number of Topliss-reactive ketones (excluding diaryl/α,β-unsaturated/α-hetero) is 1. The second-order valence-electron chi connectivity index (χ2n) is 7.08. The first-order chi connectivity index (χ1) is 11.9. The maximum absolute atomic E-state index is 12.2. The summed E-state index contributed by atoms with van der Waals surface area (Å²) in [6.45, 7) is 4.25. The van der Waals surface area contributed by atoms with Crippen molar-refractivity contribution in [1.29, 1.82) is 0 Å². The van der Waals surface area contributed by atoms with Gasteiger partial charge in [-0.2, -0.15) is 0 Å². The monoisotopic (exact) mass is 358 g/mol. The second kappa shape index (κ2) is 14.3. The maximum Gasteiger partial charge on any atom is 0.346 e. The molecule has 0 rings (SSSR count). The summed E-state index contributed by atoms with van der Waals surface area (Å²) in [4.78, 5) is 23.6. The minimum atomic E-state index is -2.66. The molecule has 148 valence electrons. The van der Waals surface area contributed by atoms with Gasteiger partial charge in [0.2, 0.25) is 5.60 Å². The van der Waals surface area contributed by atoms with E-state index in [0.29, 0.717) is 12.8 Å². The van der Waals surface area contributed by atoms with Crippen LogP contribution in [0.15, 0.2) is 0 Å². The molecule has 0 fully saturated rings. The number of rotatable bonds is 17. The van der Waals surface area contributed by atoms with Crippen molar-refractivity contribution in [3.63, 3.8) is 0 Å². The van der Waals surface area contributed by atoms with Crippen molar-refractivity contribution in [1.82, 2.24) is 0 Å². The number of carbonyl (C=O) groups is 2. The number of carbonyl (C=O) groups excluding carboxylic acids is 1. The molecule has 2 atom stereocenters. The van der Waals surface area contributed by atoms with E-state index in [9.17, 15) is 24.9 Å². The first-order valence-corrected chi connectivity index (χ1v) is 10.1. The van der Waals surface area contributed by atoms with Crippen LogP contribution in [0.1, 0.15) is 104 Å². The van der Waals surface area contributed by atoms with E-state index in [2.05, 4.69) is 13.8 Å². The van der Waals surface area contributed by atoms with Crippen LogP contribution in [-0.2, 0) is 9.59 Å². The highest BCUT2D eigenvalue weighted by Crippen LogP contribution is 2.22. The normalized spacial score (nSPS) is 14.9. The molecule has 25 heavy (non-hydrogen) atoms. The predicted octanol–water partition coefficient (Wildman–Crippen LogP) is 4.23. The van der Waals surface area contributed by atoms with E-state index in [-0.39, 0.29) is 12.8 Å². The topological polar surface area (TPSA) is 94.8 Å². The van der Waals surface area contributed by atoms with Crippen molar-refractivity contribution in [3.8, 4) is 0 Å². The molecule has 0 radical (unpaired) electrons. The second-order valence-corrected chi connectivity index (χ2v) is 7.08. The molecule has 0 amide bonds. The summed E-state index contributed by atoms with van der Waals surface area (Å²) in [5.41, 5.74) is -2.66. The molecule has 0 aliphatic heterocycles. The highest BCUT2D eigenvalue weighted by atomic mass is 16.4. The molecule has 0 aromatic rings. The lowest BCUT2D eigenvalue weighted by molar-refractivity contribution is -0.178. The third-order valence-electron chi connectivity index (χ3n) is 4.82. The molecular formula is C20H38O5. The van der Waals surface area contributed by atoms with Gasteiger partial charge in [-0.3, -0.25) is 4.79 Å². The number of hydrogen-bond acceptors (Lipinski definition) is 4. The molecule has 0 saturated carbocycles. The van der Waals surface area contributed by atoms with Crippen LogP contribution in [0.5, 0.6) is 0 Å². The number of hydrogen-bond donors (Lipinski definition) is 3. The summed E-state index contributed by atoms with van der Waals surface area (Å²) in [7, 11) is 0. The smallest absolute Gasteiger partial charge is 0.346 e. The van der Waals surface area contributed by atoms with Gasteiger partial charge in [0.25, 0.3) is 0 Å². The summed E-state index contributed by atoms with van der Waals surface area (Å²) in [6.07, 6.45) is 10.4. The van der Waals surface area contributed by atoms with Gasteiger partial charge in [-0.25, -0.2) is 4.79 Å². The van der Waals surface area contributed by atoms with Gasteiger partial charge in [0.15, 0.2) is 5.78 Å². The molecule has 5 heteroatoms. The van der Waals surface area contributed by atoms with Gasteiger partial charge in [0.05, 0.1) is 0 Å². The van der Waals surface area contributed by atoms with Crippen LogP contribution in [0.3, 0.4) is 0 Å². The van der Waals surface area contributed by atoms with Crippen LogP contribution < -0.4 is 0 Å². The Morgan fingerprint density at radius 1 is 0.800 bits per heavy atom. The average molecular weight is 359 g/mol. The average Bonchev–Trinajstić information content (AvgIpc) is 2.59. The van der Waals surface area contributed by atoms with E-state index in [0.717, 1.165) is 44.9 Å². The standard InChI is InChI=1S/C20H38O5/c1-3-5-7-9-10-12-14-16-18(22)20(25,19(23)24)17(21)15-13-11-8-6-4-2/h17,21,25H,3-16H2,1-2H3,(H,23,24). The third-order valence-corrected chi connectivity index (χ3v) is 4.82. The number of aliphatic carboxylic acids is 1. The van der Waals surface area contributed by atoms with Crippen molar-refractivity contribution < 1.29 is 24.9 Å². The van der Waals surface area contributed by atoms with Crippen LogP contribution in [0.25, 0.3) is 0 Å². The van der Waals surface area contributed by atoms with Crippen molar-refractivity contribution in [2.45, 2.75) is 115 Å². The van der Waals surface area contributed by atoms with E-state index < -0.39 is 23.5 Å². The third kappa shape index (κ3) is 9.36. The Kier molecular flexibility index (Phi) is 13.7. The van der Waals surface area contributed by atoms with Crippen molar-refractivity contribution in [2.24, 2.45) is 0 Å². The maximum atomic E-state index is 12.2. The molecule has 3 N–H and O–H groups in total. The first kappa shape index (κ1) is 24.1. The molecule has 0 bridgehead atoms. The van der Waals surface area contributed by atoms with E-state index in [4.69, 9.17) is 0 Å². The fourth-order valence-corrected chi connectivity index (χ4v) is 3.03. The van der Waals surface area contributed by atoms with Gasteiger partial charge < -0.3 is 15.3 Å². The largest absolute Gasteiger partial charge is 0.479 e. The minimum absolute atomic E-state index is 0.00344. The summed E-state index contributed by atoms with van der Waals surface area (Å²) in [6, 6.07) is 0. The van der Waals surface area contributed by atoms with Crippen LogP contribution in [0, 0.1) is 0 Å². The zero-order valence-electron chi connectivity index (χ0n) is 16.1. The summed E-state index contributed by atoms with van der Waals surface area (Å²) >= 11 is 0. The SMILES string of the molecule is CCCCCCCCCC(=O)C(O)(C(=O)O)C(O)CCCCCCC. The Balaban J connectivity index is 4.28. The number of carboxylic acids is 1. The van der Waals surface area contributed by atoms with Crippen LogP contribution in [0.4, 0.5) is 0 Å². The molecule has 0 aromatic carbocycles. The summed E-state index contributed by atoms with van der Waals surface area (Å²) in [5.74, 6) is -2.41. The van der Waals surface area contributed by atoms with Gasteiger partial charge in [0, 0.05) is 6.42 Å². The lowest BCUT2D eigenvalue weighted by atomic mass is 9.86.